The molecule has 1 atom stereocenters. The van der Waals surface area contributed by atoms with Gasteiger partial charge in [-0.05, 0) is 0 Å². The van der Waals surface area contributed by atoms with E-state index in [0.717, 1.165) is 0 Å². The van der Waals surface area contributed by atoms with E-state index in [2.05, 4.69) is 4.98 Å². The maximum atomic E-state index is 14.6. The average Bonchev–Trinajstić information content (AvgIpc) is 3.50. The van der Waals surface area contributed by atoms with Crippen LogP contribution >= 0.6 is 14.8 Å². The van der Waals surface area contributed by atoms with Gasteiger partial charge < -0.3 is 0 Å². The monoisotopic (exact) mass is 540 g/mol. The molecule has 5 heterocycles. The number of aromatic nitrogens is 2. The Morgan fingerprint density at radius 1 is 0.757 bits per heavy atom. The molecule has 3 aliphatic rings. The van der Waals surface area contributed by atoms with E-state index in [9.17, 15) is 4.57 Å². The number of para-hydroxylation sites is 4. The molecule has 0 fully saturated rings. The average molecular weight is 540 g/mol. The van der Waals surface area contributed by atoms with Gasteiger partial charge in [-0.2, -0.15) is 0 Å². The quantitative estimate of drug-likeness (QED) is 0.313. The molecule has 0 bridgehead atoms. The van der Waals surface area contributed by atoms with Crippen LogP contribution in [0.3, 0.4) is 0 Å². The Bertz CT molecular complexity index is 1520. The van der Waals surface area contributed by atoms with Crippen LogP contribution in [-0.2, 0) is 23.5 Å². The number of nitrogens with zero attached hydrogens (tertiary/aromatic N) is 2. The predicted molar refractivity (Wildman–Crippen MR) is 132 cm³/mol. The minimum atomic E-state index is -6.18. The Morgan fingerprint density at radius 2 is 1.27 bits per heavy atom. The number of fused-ring (bicyclic) bond motifs is 3. The van der Waals surface area contributed by atoms with Crippen molar-refractivity contribution < 1.29 is 40.6 Å². The van der Waals surface area contributed by atoms with E-state index in [1.54, 1.807) is 97.3 Å². The Labute approximate surface area is 211 Å². The summed E-state index contributed by atoms with van der Waals surface area (Å²) in [7, 11) is -7.88. The topological polar surface area (TPSA) is 98.5 Å². The van der Waals surface area contributed by atoms with Crippen LogP contribution in [0.5, 0.6) is 23.0 Å². The van der Waals surface area contributed by atoms with Crippen molar-refractivity contribution in [2.75, 3.05) is 14.2 Å². The summed E-state index contributed by atoms with van der Waals surface area (Å²) >= 11 is 0. The van der Waals surface area contributed by atoms with E-state index >= 15 is 0 Å². The second-order valence-corrected chi connectivity index (χ2v) is 14.7. The number of hydrogen-bond donors (Lipinski definition) is 0. The van der Waals surface area contributed by atoms with Gasteiger partial charge in [0.25, 0.3) is 0 Å². The van der Waals surface area contributed by atoms with Crippen LogP contribution in [0.2, 0.25) is 0 Å². The summed E-state index contributed by atoms with van der Waals surface area (Å²) in [5.74, 6) is 1.26. The summed E-state index contributed by atoms with van der Waals surface area (Å²) in [5, 5.41) is -2.03. The molecule has 37 heavy (non-hydrogen) atoms. The fraction of sp³-hybridized carbons (Fsp3) is 0.120. The zero-order valence-corrected chi connectivity index (χ0v) is 21.6. The van der Waals surface area contributed by atoms with Gasteiger partial charge in [0.2, 0.25) is 0 Å². The van der Waals surface area contributed by atoms with Crippen molar-refractivity contribution in [3.63, 3.8) is 0 Å². The number of benzene rings is 2. The Kier molecular flexibility index (Phi) is 4.20. The van der Waals surface area contributed by atoms with Gasteiger partial charge in [0, 0.05) is 0 Å². The molecule has 190 valence electrons. The van der Waals surface area contributed by atoms with Crippen LogP contribution in [0, 0.1) is 0 Å². The molecule has 0 saturated carbocycles. The van der Waals surface area contributed by atoms with E-state index in [-0.39, 0.29) is 11.4 Å². The van der Waals surface area contributed by atoms with Gasteiger partial charge in [-0.1, -0.05) is 0 Å². The predicted octanol–water partition coefficient (Wildman–Crippen LogP) is 5.46. The van der Waals surface area contributed by atoms with Gasteiger partial charge in [-0.3, -0.25) is 0 Å². The molecule has 4 aromatic rings. The van der Waals surface area contributed by atoms with E-state index in [0.29, 0.717) is 23.0 Å². The molecule has 0 radical (unpaired) electrons. The second-order valence-electron chi connectivity index (χ2n) is 8.66. The Balaban J connectivity index is 1.65. The molecule has 0 amide bonds. The van der Waals surface area contributed by atoms with Crippen molar-refractivity contribution in [2.24, 2.45) is 0 Å². The molecular formula is C25H22N2O8P2. The maximum absolute atomic E-state index is 14.6. The molecule has 10 nitrogen and oxygen atoms in total. The third-order valence-electron chi connectivity index (χ3n) is 6.68. The summed E-state index contributed by atoms with van der Waals surface area (Å²) in [6.07, 6.45) is 3.19. The van der Waals surface area contributed by atoms with Crippen molar-refractivity contribution in [3.8, 4) is 23.0 Å². The number of rotatable bonds is 4. The summed E-state index contributed by atoms with van der Waals surface area (Å²) < 4.78 is 61.2. The Morgan fingerprint density at radius 3 is 1.76 bits per heavy atom. The van der Waals surface area contributed by atoms with Gasteiger partial charge >= 0.3 is 212 Å². The first-order valence-electron chi connectivity index (χ1n) is 11.4. The molecule has 0 N–H and O–H groups in total. The van der Waals surface area contributed by atoms with Crippen LogP contribution in [0.25, 0.3) is 0 Å². The first-order valence-corrected chi connectivity index (χ1v) is 15.2. The summed E-state index contributed by atoms with van der Waals surface area (Å²) in [4.78, 5) is 4.53. The first-order chi connectivity index (χ1) is 17.9. The fourth-order valence-electron chi connectivity index (χ4n) is 5.21. The summed E-state index contributed by atoms with van der Waals surface area (Å²) in [6.45, 7) is 0. The Hall–Kier alpha value is -3.52. The van der Waals surface area contributed by atoms with E-state index < -0.39 is 20.2 Å². The molecule has 3 aliphatic heterocycles. The van der Waals surface area contributed by atoms with E-state index in [4.69, 9.17) is 31.7 Å². The molecule has 0 aliphatic carbocycles. The summed E-state index contributed by atoms with van der Waals surface area (Å²) in [6, 6.07) is 24.3. The molecule has 0 saturated heterocycles. The number of pyridine rings is 2. The number of hydrogen-bond acceptors (Lipinski definition) is 9. The van der Waals surface area contributed by atoms with Crippen LogP contribution in [0.15, 0.2) is 97.3 Å². The SMILES string of the molecule is COP(=O)(OC)C1(c2ccccn2)O[P-]23(Oc4ccccc4O2)(Oc2ccccc2O3)[n+]2ccccc21. The second kappa shape index (κ2) is 6.86. The van der Waals surface area contributed by atoms with Gasteiger partial charge in [0.15, 0.2) is 0 Å². The van der Waals surface area contributed by atoms with Crippen LogP contribution in [0.4, 0.5) is 0 Å². The van der Waals surface area contributed by atoms with E-state index in [1.165, 1.54) is 18.6 Å². The molecule has 1 unspecified atom stereocenters. The molecule has 7 rings (SSSR count). The molecule has 2 aromatic carbocycles. The normalized spacial score (nSPS) is 24.6. The van der Waals surface area contributed by atoms with Gasteiger partial charge in [-0.25, -0.2) is 0 Å². The third kappa shape index (κ3) is 2.47. The van der Waals surface area contributed by atoms with Crippen molar-refractivity contribution >= 4 is 14.8 Å². The van der Waals surface area contributed by atoms with Crippen molar-refractivity contribution in [3.05, 3.63) is 109 Å². The van der Waals surface area contributed by atoms with Crippen LogP contribution in [-0.4, -0.2) is 19.2 Å². The zero-order valence-electron chi connectivity index (χ0n) is 19.8. The van der Waals surface area contributed by atoms with Crippen LogP contribution in [0.1, 0.15) is 11.4 Å². The molecule has 2 aromatic heterocycles. The van der Waals surface area contributed by atoms with Crippen molar-refractivity contribution in [2.45, 2.75) is 5.34 Å². The van der Waals surface area contributed by atoms with Crippen LogP contribution < -0.4 is 22.4 Å². The molecular weight excluding hydrogens is 518 g/mol. The van der Waals surface area contributed by atoms with E-state index in [1.807, 2.05) is 0 Å². The van der Waals surface area contributed by atoms with Gasteiger partial charge in [0.1, 0.15) is 0 Å². The van der Waals surface area contributed by atoms with Gasteiger partial charge in [-0.15, -0.1) is 0 Å². The molecule has 12 heteroatoms. The third-order valence-corrected chi connectivity index (χ3v) is 13.3. The minimum absolute atomic E-state index is 0.214. The standard InChI is InChI=1S/C25H22N2O8P2/c1-29-36(28,30-2)25(23-15-7-9-17-26-23)24-16-8-10-18-27(24)37(35-25,31-19-11-3-4-12-20(19)32-37)33-21-13-5-6-14-22(21)34-37/h3-18H,1-2H3. The zero-order chi connectivity index (χ0) is 25.4. The van der Waals surface area contributed by atoms with Crippen molar-refractivity contribution in [1.82, 2.24) is 4.98 Å². The fourth-order valence-corrected chi connectivity index (χ4v) is 12.5. The summed E-state index contributed by atoms with van der Waals surface area (Å²) in [5.41, 5.74) is 0.489. The van der Waals surface area contributed by atoms with Gasteiger partial charge in [0.05, 0.1) is 0 Å². The van der Waals surface area contributed by atoms with Crippen molar-refractivity contribution in [1.29, 1.82) is 0 Å². The first kappa shape index (κ1) is 22.7. The molecule has 1 spiro atoms.